The van der Waals surface area contributed by atoms with Crippen LogP contribution in [-0.2, 0) is 9.59 Å². The number of aryl methyl sites for hydroxylation is 1. The Bertz CT molecular complexity index is 807. The minimum atomic E-state index is -0.277. The lowest BCUT2D eigenvalue weighted by Crippen LogP contribution is -2.19. The maximum absolute atomic E-state index is 12.0. The van der Waals surface area contributed by atoms with Crippen LogP contribution in [-0.4, -0.2) is 35.3 Å². The van der Waals surface area contributed by atoms with E-state index in [1.807, 2.05) is 0 Å². The van der Waals surface area contributed by atoms with E-state index in [0.29, 0.717) is 34.5 Å². The minimum absolute atomic E-state index is 0.0964. The van der Waals surface area contributed by atoms with Crippen LogP contribution in [0.3, 0.4) is 0 Å². The Morgan fingerprint density at radius 2 is 1.84 bits per heavy atom. The zero-order valence-electron chi connectivity index (χ0n) is 13.3. The van der Waals surface area contributed by atoms with E-state index in [1.165, 1.54) is 11.8 Å². The number of nitrogen functional groups attached to an aromatic ring is 1. The maximum atomic E-state index is 12.0. The number of hydrogen-bond acceptors (Lipinski definition) is 8. The molecule has 0 spiro atoms. The van der Waals surface area contributed by atoms with Crippen LogP contribution < -0.4 is 25.8 Å². The first-order chi connectivity index (χ1) is 12.0. The van der Waals surface area contributed by atoms with Crippen LogP contribution in [0.25, 0.3) is 0 Å². The smallest absolute Gasteiger partial charge is 0.235 e. The summed E-state index contributed by atoms with van der Waals surface area (Å²) in [4.78, 5) is 23.7. The predicted octanol–water partition coefficient (Wildman–Crippen LogP) is 1.60. The third-order valence-electron chi connectivity index (χ3n) is 3.18. The fraction of sp³-hybridized carbons (Fsp3) is 0.267. The molecule has 0 radical (unpaired) electrons. The molecule has 0 bridgehead atoms. The van der Waals surface area contributed by atoms with E-state index >= 15 is 0 Å². The van der Waals surface area contributed by atoms with E-state index in [2.05, 4.69) is 15.8 Å². The number of nitrogens with zero attached hydrogens (tertiary/aromatic N) is 1. The van der Waals surface area contributed by atoms with Crippen LogP contribution in [0.5, 0.6) is 11.5 Å². The zero-order chi connectivity index (χ0) is 17.8. The molecule has 0 aliphatic carbocycles. The number of benzene rings is 1. The lowest BCUT2D eigenvalue weighted by Gasteiger charge is -2.09. The van der Waals surface area contributed by atoms with Crippen LogP contribution >= 0.6 is 11.8 Å². The van der Waals surface area contributed by atoms with Gasteiger partial charge in [0.25, 0.3) is 0 Å². The highest BCUT2D eigenvalue weighted by Gasteiger charge is 2.17. The Hall–Kier alpha value is -2.88. The van der Waals surface area contributed by atoms with Crippen LogP contribution in [0, 0.1) is 6.92 Å². The summed E-state index contributed by atoms with van der Waals surface area (Å²) >= 11 is 1.17. The standard InChI is InChI=1S/C15H16N4O5S/c1-8-2-13(19-24-8)18-15(21)6-25-5-14(20)17-10-4-12-11(3-9(10)16)22-7-23-12/h2-4H,5-7,16H2,1H3,(H,17,20)(H,18,19,21). The molecule has 2 heterocycles. The second-order valence-corrected chi connectivity index (χ2v) is 6.19. The highest BCUT2D eigenvalue weighted by molar-refractivity contribution is 8.00. The van der Waals surface area contributed by atoms with E-state index in [-0.39, 0.29) is 30.1 Å². The molecular weight excluding hydrogens is 348 g/mol. The third-order valence-corrected chi connectivity index (χ3v) is 4.11. The van der Waals surface area contributed by atoms with Crippen LogP contribution in [0.2, 0.25) is 0 Å². The van der Waals surface area contributed by atoms with Gasteiger partial charge in [-0.25, -0.2) is 0 Å². The second kappa shape index (κ2) is 7.34. The molecular formula is C15H16N4O5S. The first kappa shape index (κ1) is 17.0. The van der Waals surface area contributed by atoms with Gasteiger partial charge >= 0.3 is 0 Å². The van der Waals surface area contributed by atoms with Gasteiger partial charge in [0.15, 0.2) is 17.3 Å². The third kappa shape index (κ3) is 4.35. The van der Waals surface area contributed by atoms with E-state index in [9.17, 15) is 9.59 Å². The summed E-state index contributed by atoms with van der Waals surface area (Å²) in [7, 11) is 0. The molecule has 9 nitrogen and oxygen atoms in total. The van der Waals surface area contributed by atoms with Crippen molar-refractivity contribution in [1.29, 1.82) is 0 Å². The van der Waals surface area contributed by atoms with Gasteiger partial charge in [-0.15, -0.1) is 11.8 Å². The Kier molecular flexibility index (Phi) is 4.98. The number of nitrogens with two attached hydrogens (primary N) is 1. The summed E-state index contributed by atoms with van der Waals surface area (Å²) in [5, 5.41) is 8.93. The summed E-state index contributed by atoms with van der Waals surface area (Å²) in [6.07, 6.45) is 0. The minimum Gasteiger partial charge on any atom is -0.454 e. The van der Waals surface area contributed by atoms with Gasteiger partial charge in [0, 0.05) is 18.2 Å². The Morgan fingerprint density at radius 1 is 1.16 bits per heavy atom. The van der Waals surface area contributed by atoms with Gasteiger partial charge in [0.05, 0.1) is 22.9 Å². The quantitative estimate of drug-likeness (QED) is 0.659. The molecule has 10 heteroatoms. The van der Waals surface area contributed by atoms with Crippen molar-refractivity contribution in [1.82, 2.24) is 5.16 Å². The normalized spacial score (nSPS) is 12.0. The number of amides is 2. The Balaban J connectivity index is 1.44. The van der Waals surface area contributed by atoms with Crippen LogP contribution in [0.4, 0.5) is 17.2 Å². The summed E-state index contributed by atoms with van der Waals surface area (Å²) in [5.74, 6) is 1.68. The summed E-state index contributed by atoms with van der Waals surface area (Å²) < 4.78 is 15.3. The molecule has 1 aliphatic rings. The number of thioether (sulfide) groups is 1. The molecule has 0 saturated carbocycles. The number of carbonyl (C=O) groups is 2. The molecule has 3 rings (SSSR count). The topological polar surface area (TPSA) is 129 Å². The van der Waals surface area contributed by atoms with E-state index in [0.717, 1.165) is 0 Å². The first-order valence-electron chi connectivity index (χ1n) is 7.31. The van der Waals surface area contributed by atoms with E-state index in [1.54, 1.807) is 25.1 Å². The second-order valence-electron chi connectivity index (χ2n) is 5.20. The number of aromatic nitrogens is 1. The Morgan fingerprint density at radius 3 is 2.52 bits per heavy atom. The van der Waals surface area contributed by atoms with Crippen molar-refractivity contribution < 1.29 is 23.6 Å². The molecule has 2 aromatic rings. The first-order valence-corrected chi connectivity index (χ1v) is 8.46. The molecule has 1 aromatic heterocycles. The molecule has 0 unspecified atom stereocenters. The summed E-state index contributed by atoms with van der Waals surface area (Å²) in [6.45, 7) is 1.85. The van der Waals surface area contributed by atoms with Crippen molar-refractivity contribution in [3.05, 3.63) is 24.0 Å². The fourth-order valence-corrected chi connectivity index (χ4v) is 2.71. The van der Waals surface area contributed by atoms with Gasteiger partial charge in [0.1, 0.15) is 5.76 Å². The van der Waals surface area contributed by atoms with Gasteiger partial charge < -0.3 is 30.4 Å². The predicted molar refractivity (Wildman–Crippen MR) is 92.8 cm³/mol. The van der Waals surface area contributed by atoms with Gasteiger partial charge in [0.2, 0.25) is 18.6 Å². The fourth-order valence-electron chi connectivity index (χ4n) is 2.09. The van der Waals surface area contributed by atoms with Crippen LogP contribution in [0.1, 0.15) is 5.76 Å². The molecule has 0 fully saturated rings. The number of anilines is 3. The molecule has 4 N–H and O–H groups in total. The van der Waals surface area contributed by atoms with E-state index < -0.39 is 0 Å². The number of hydrogen-bond donors (Lipinski definition) is 3. The molecule has 0 saturated heterocycles. The summed E-state index contributed by atoms with van der Waals surface area (Å²) in [5.41, 5.74) is 6.69. The number of fused-ring (bicyclic) bond motifs is 1. The lowest BCUT2D eigenvalue weighted by molar-refractivity contribution is -0.114. The van der Waals surface area contributed by atoms with Gasteiger partial charge in [-0.3, -0.25) is 9.59 Å². The Labute approximate surface area is 147 Å². The van der Waals surface area contributed by atoms with Crippen molar-refractivity contribution in [2.24, 2.45) is 0 Å². The zero-order valence-corrected chi connectivity index (χ0v) is 14.1. The molecule has 0 atom stereocenters. The van der Waals surface area contributed by atoms with Gasteiger partial charge in [-0.2, -0.15) is 0 Å². The highest BCUT2D eigenvalue weighted by Crippen LogP contribution is 2.38. The van der Waals surface area contributed by atoms with Gasteiger partial charge in [-0.1, -0.05) is 5.16 Å². The van der Waals surface area contributed by atoms with Gasteiger partial charge in [-0.05, 0) is 6.92 Å². The monoisotopic (exact) mass is 364 g/mol. The van der Waals surface area contributed by atoms with Crippen LogP contribution in [0.15, 0.2) is 22.7 Å². The lowest BCUT2D eigenvalue weighted by atomic mass is 10.2. The largest absolute Gasteiger partial charge is 0.454 e. The number of ether oxygens (including phenoxy) is 2. The highest BCUT2D eigenvalue weighted by atomic mass is 32.2. The molecule has 1 aromatic carbocycles. The number of carbonyl (C=O) groups excluding carboxylic acids is 2. The van der Waals surface area contributed by atoms with Crippen molar-refractivity contribution in [3.8, 4) is 11.5 Å². The number of rotatable bonds is 6. The van der Waals surface area contributed by atoms with Crippen molar-refractivity contribution in [2.75, 3.05) is 34.7 Å². The molecule has 25 heavy (non-hydrogen) atoms. The summed E-state index contributed by atoms with van der Waals surface area (Å²) in [6, 6.07) is 4.82. The molecule has 1 aliphatic heterocycles. The SMILES string of the molecule is Cc1cc(NC(=O)CSCC(=O)Nc2cc3c(cc2N)OCO3)no1. The van der Waals surface area contributed by atoms with Crippen molar-refractivity contribution in [2.45, 2.75) is 6.92 Å². The maximum Gasteiger partial charge on any atom is 0.235 e. The molecule has 132 valence electrons. The average molecular weight is 364 g/mol. The van der Waals surface area contributed by atoms with Crippen molar-refractivity contribution >= 4 is 40.8 Å². The van der Waals surface area contributed by atoms with E-state index in [4.69, 9.17) is 19.7 Å². The molecule has 2 amide bonds. The number of nitrogens with one attached hydrogen (secondary N) is 2. The van der Waals surface area contributed by atoms with Crippen molar-refractivity contribution in [3.63, 3.8) is 0 Å². The average Bonchev–Trinajstić information content (AvgIpc) is 3.16.